The summed E-state index contributed by atoms with van der Waals surface area (Å²) in [7, 11) is 1.64. The van der Waals surface area contributed by atoms with Crippen molar-refractivity contribution >= 4 is 6.09 Å². The van der Waals surface area contributed by atoms with Crippen molar-refractivity contribution in [2.24, 2.45) is 0 Å². The molecule has 4 rings (SSSR count). The quantitative estimate of drug-likeness (QED) is 0.672. The lowest BCUT2D eigenvalue weighted by Crippen LogP contribution is -2.58. The molecule has 31 heavy (non-hydrogen) atoms. The van der Waals surface area contributed by atoms with E-state index < -0.39 is 5.60 Å². The van der Waals surface area contributed by atoms with E-state index in [2.05, 4.69) is 0 Å². The minimum atomic E-state index is -0.947. The average molecular weight is 426 g/mol. The molecule has 0 spiro atoms. The first-order valence-electron chi connectivity index (χ1n) is 11.0. The molecule has 2 aliphatic rings. The minimum Gasteiger partial charge on any atom is -0.491 e. The Morgan fingerprint density at radius 3 is 2.35 bits per heavy atom. The van der Waals surface area contributed by atoms with Crippen molar-refractivity contribution in [2.45, 2.75) is 56.4 Å². The van der Waals surface area contributed by atoms with Crippen LogP contribution in [0.15, 0.2) is 54.6 Å². The number of nitrogens with zero attached hydrogens (tertiary/aromatic N) is 1. The average Bonchev–Trinajstić information content (AvgIpc) is 2.78. The summed E-state index contributed by atoms with van der Waals surface area (Å²) >= 11 is 0. The van der Waals surface area contributed by atoms with E-state index in [1.165, 1.54) is 0 Å². The fraction of sp³-hybridized carbons (Fsp3) is 0.480. The van der Waals surface area contributed by atoms with Crippen molar-refractivity contribution in [2.75, 3.05) is 20.3 Å². The van der Waals surface area contributed by atoms with Crippen LogP contribution in [0.5, 0.6) is 5.75 Å². The number of hydrogen-bond donors (Lipinski definition) is 1. The molecule has 2 aliphatic heterocycles. The van der Waals surface area contributed by atoms with Crippen LogP contribution in [0.1, 0.15) is 43.2 Å². The summed E-state index contributed by atoms with van der Waals surface area (Å²) in [6, 6.07) is 17.3. The second-order valence-corrected chi connectivity index (χ2v) is 8.49. The van der Waals surface area contributed by atoms with Crippen molar-refractivity contribution in [3.05, 3.63) is 65.7 Å². The lowest BCUT2D eigenvalue weighted by molar-refractivity contribution is -0.0896. The fourth-order valence-corrected chi connectivity index (χ4v) is 4.86. The number of carbonyl (C=O) groups is 1. The Labute approximate surface area is 183 Å². The SMILES string of the molecule is COCCOc1ccc(C2(O)CC3CCCC(C2)N3C(=O)OCc2ccccc2)cc1. The summed E-state index contributed by atoms with van der Waals surface area (Å²) in [5.74, 6) is 0.756. The van der Waals surface area contributed by atoms with Gasteiger partial charge in [-0.25, -0.2) is 4.79 Å². The van der Waals surface area contributed by atoms with Crippen LogP contribution in [-0.4, -0.2) is 48.5 Å². The molecule has 0 aromatic heterocycles. The van der Waals surface area contributed by atoms with Crippen LogP contribution >= 0.6 is 0 Å². The van der Waals surface area contributed by atoms with Gasteiger partial charge in [-0.2, -0.15) is 0 Å². The summed E-state index contributed by atoms with van der Waals surface area (Å²) in [5, 5.41) is 11.5. The molecule has 2 bridgehead atoms. The number of methoxy groups -OCH3 is 1. The second-order valence-electron chi connectivity index (χ2n) is 8.49. The zero-order valence-corrected chi connectivity index (χ0v) is 18.0. The molecule has 2 saturated heterocycles. The molecule has 2 aromatic carbocycles. The number of rotatable bonds is 7. The van der Waals surface area contributed by atoms with Crippen molar-refractivity contribution in [3.63, 3.8) is 0 Å². The maximum Gasteiger partial charge on any atom is 0.410 e. The Bertz CT molecular complexity index is 840. The molecule has 2 aromatic rings. The molecule has 2 atom stereocenters. The Kier molecular flexibility index (Phi) is 6.78. The highest BCUT2D eigenvalue weighted by molar-refractivity contribution is 5.69. The molecule has 1 amide bonds. The number of fused-ring (bicyclic) bond motifs is 2. The zero-order valence-electron chi connectivity index (χ0n) is 18.0. The molecular formula is C25H31NO5. The highest BCUT2D eigenvalue weighted by atomic mass is 16.6. The summed E-state index contributed by atoms with van der Waals surface area (Å²) in [5.41, 5.74) is 0.903. The third-order valence-corrected chi connectivity index (χ3v) is 6.37. The fourth-order valence-electron chi connectivity index (χ4n) is 4.86. The molecule has 0 aliphatic carbocycles. The normalized spacial score (nSPS) is 25.2. The third-order valence-electron chi connectivity index (χ3n) is 6.37. The Morgan fingerprint density at radius 2 is 1.71 bits per heavy atom. The van der Waals surface area contributed by atoms with Crippen molar-refractivity contribution in [3.8, 4) is 5.75 Å². The summed E-state index contributed by atoms with van der Waals surface area (Å²) in [4.78, 5) is 14.8. The van der Waals surface area contributed by atoms with Crippen LogP contribution in [0, 0.1) is 0 Å². The first-order valence-corrected chi connectivity index (χ1v) is 11.0. The first-order chi connectivity index (χ1) is 15.1. The summed E-state index contributed by atoms with van der Waals surface area (Å²) < 4.78 is 16.3. The molecule has 1 N–H and O–H groups in total. The molecule has 0 saturated carbocycles. The summed E-state index contributed by atoms with van der Waals surface area (Å²) in [6.07, 6.45) is 3.61. The number of aliphatic hydroxyl groups is 1. The van der Waals surface area contributed by atoms with Crippen LogP contribution in [0.3, 0.4) is 0 Å². The van der Waals surface area contributed by atoms with Crippen LogP contribution in [-0.2, 0) is 21.7 Å². The standard InChI is InChI=1S/C25H31NO5/c1-29-14-15-30-23-12-10-20(11-13-23)25(28)16-21-8-5-9-22(17-25)26(21)24(27)31-18-19-6-3-2-4-7-19/h2-4,6-7,10-13,21-22,28H,5,8-9,14-18H2,1H3. The smallest absolute Gasteiger partial charge is 0.410 e. The van der Waals surface area contributed by atoms with Crippen molar-refractivity contribution < 1.29 is 24.1 Å². The van der Waals surface area contributed by atoms with Gasteiger partial charge < -0.3 is 24.2 Å². The van der Waals surface area contributed by atoms with E-state index in [4.69, 9.17) is 14.2 Å². The van der Waals surface area contributed by atoms with Gasteiger partial charge in [0.25, 0.3) is 0 Å². The van der Waals surface area contributed by atoms with E-state index in [1.807, 2.05) is 59.5 Å². The molecule has 2 unspecified atom stereocenters. The van der Waals surface area contributed by atoms with Gasteiger partial charge in [-0.1, -0.05) is 42.5 Å². The molecule has 2 heterocycles. The van der Waals surface area contributed by atoms with Crippen molar-refractivity contribution in [1.82, 2.24) is 4.90 Å². The number of benzene rings is 2. The van der Waals surface area contributed by atoms with E-state index in [0.29, 0.717) is 26.1 Å². The van der Waals surface area contributed by atoms with E-state index in [9.17, 15) is 9.90 Å². The van der Waals surface area contributed by atoms with Gasteiger partial charge in [0.15, 0.2) is 0 Å². The van der Waals surface area contributed by atoms with Crippen molar-refractivity contribution in [1.29, 1.82) is 0 Å². The van der Waals surface area contributed by atoms with Gasteiger partial charge in [0, 0.05) is 32.0 Å². The lowest BCUT2D eigenvalue weighted by Gasteiger charge is -2.51. The van der Waals surface area contributed by atoms with Crippen LogP contribution < -0.4 is 4.74 Å². The second kappa shape index (κ2) is 9.71. The molecule has 166 valence electrons. The molecule has 0 radical (unpaired) electrons. The Hall–Kier alpha value is -2.57. The van der Waals surface area contributed by atoms with E-state index in [-0.39, 0.29) is 24.8 Å². The summed E-state index contributed by atoms with van der Waals surface area (Å²) in [6.45, 7) is 1.29. The topological polar surface area (TPSA) is 68.2 Å². The van der Waals surface area contributed by atoms with Gasteiger partial charge in [0.05, 0.1) is 12.2 Å². The Morgan fingerprint density at radius 1 is 1.03 bits per heavy atom. The van der Waals surface area contributed by atoms with Gasteiger partial charge in [0.1, 0.15) is 19.0 Å². The molecule has 6 heteroatoms. The van der Waals surface area contributed by atoms with Crippen LogP contribution in [0.2, 0.25) is 0 Å². The number of carbonyl (C=O) groups excluding carboxylic acids is 1. The number of piperidine rings is 2. The van der Waals surface area contributed by atoms with Gasteiger partial charge in [0.2, 0.25) is 0 Å². The monoisotopic (exact) mass is 425 g/mol. The number of ether oxygens (including phenoxy) is 3. The number of amides is 1. The van der Waals surface area contributed by atoms with Gasteiger partial charge in [-0.3, -0.25) is 0 Å². The molecule has 6 nitrogen and oxygen atoms in total. The molecular weight excluding hydrogens is 394 g/mol. The first kappa shape index (κ1) is 21.7. The number of hydrogen-bond acceptors (Lipinski definition) is 5. The van der Waals surface area contributed by atoms with Gasteiger partial charge in [-0.15, -0.1) is 0 Å². The lowest BCUT2D eigenvalue weighted by atomic mass is 9.72. The predicted octanol–water partition coefficient (Wildman–Crippen LogP) is 4.25. The molecule has 2 fully saturated rings. The third kappa shape index (κ3) is 5.02. The maximum atomic E-state index is 12.9. The van der Waals surface area contributed by atoms with E-state index in [0.717, 1.165) is 36.1 Å². The van der Waals surface area contributed by atoms with E-state index in [1.54, 1.807) is 7.11 Å². The van der Waals surface area contributed by atoms with E-state index >= 15 is 0 Å². The Balaban J connectivity index is 1.41. The van der Waals surface area contributed by atoms with Crippen LogP contribution in [0.25, 0.3) is 0 Å². The zero-order chi connectivity index (χ0) is 21.7. The highest BCUT2D eigenvalue weighted by Gasteiger charge is 2.48. The van der Waals surface area contributed by atoms with Crippen LogP contribution in [0.4, 0.5) is 4.79 Å². The maximum absolute atomic E-state index is 12.9. The minimum absolute atomic E-state index is 0.0154. The predicted molar refractivity (Wildman–Crippen MR) is 117 cm³/mol. The highest BCUT2D eigenvalue weighted by Crippen LogP contribution is 2.44. The largest absolute Gasteiger partial charge is 0.491 e. The van der Waals surface area contributed by atoms with Gasteiger partial charge >= 0.3 is 6.09 Å². The van der Waals surface area contributed by atoms with Gasteiger partial charge in [-0.05, 0) is 42.5 Å².